The first-order valence-corrected chi connectivity index (χ1v) is 7.45. The number of nitrogens with zero attached hydrogens (tertiary/aromatic N) is 2. The lowest BCUT2D eigenvalue weighted by molar-refractivity contribution is 0.324. The molecule has 1 aliphatic rings. The van der Waals surface area contributed by atoms with Gasteiger partial charge in [-0.2, -0.15) is 4.98 Å². The summed E-state index contributed by atoms with van der Waals surface area (Å²) in [6.45, 7) is 2.28. The van der Waals surface area contributed by atoms with Gasteiger partial charge < -0.3 is 15.0 Å². The van der Waals surface area contributed by atoms with E-state index in [2.05, 4.69) is 17.1 Å². The highest BCUT2D eigenvalue weighted by Gasteiger charge is 2.25. The lowest BCUT2D eigenvalue weighted by Crippen LogP contribution is -2.12. The van der Waals surface area contributed by atoms with Crippen molar-refractivity contribution in [1.82, 2.24) is 10.1 Å². The molecular formula is C16H21N3O2. The van der Waals surface area contributed by atoms with Gasteiger partial charge in [0.05, 0.1) is 12.7 Å². The quantitative estimate of drug-likeness (QED) is 0.873. The van der Waals surface area contributed by atoms with Gasteiger partial charge in [-0.3, -0.25) is 0 Å². The maximum atomic E-state index is 6.00. The van der Waals surface area contributed by atoms with Crippen LogP contribution in [0.5, 0.6) is 5.75 Å². The summed E-state index contributed by atoms with van der Waals surface area (Å²) in [5, 5.41) is 4.16. The Labute approximate surface area is 124 Å². The number of rotatable bonds is 3. The van der Waals surface area contributed by atoms with Crippen molar-refractivity contribution < 1.29 is 9.26 Å². The van der Waals surface area contributed by atoms with Crippen molar-refractivity contribution in [2.75, 3.05) is 12.8 Å². The van der Waals surface area contributed by atoms with Crippen LogP contribution in [0.15, 0.2) is 22.7 Å². The zero-order valence-electron chi connectivity index (χ0n) is 12.5. The van der Waals surface area contributed by atoms with Crippen molar-refractivity contribution in [3.8, 4) is 17.2 Å². The largest absolute Gasteiger partial charge is 0.497 e. The standard InChI is InChI=1S/C16H21N3O2/c1-10-4-3-5-11(8-10)15-18-16(21-19-15)13-9-12(20-2)6-7-14(13)17/h6-7,9-11H,3-5,8,17H2,1-2H3. The summed E-state index contributed by atoms with van der Waals surface area (Å²) in [5.74, 6) is 3.13. The number of benzene rings is 1. The maximum absolute atomic E-state index is 6.00. The lowest BCUT2D eigenvalue weighted by Gasteiger charge is -2.23. The molecule has 2 aromatic rings. The normalized spacial score (nSPS) is 22.2. The number of anilines is 1. The SMILES string of the molecule is COc1ccc(N)c(-c2nc(C3CCCC(C)C3)no2)c1. The zero-order valence-corrected chi connectivity index (χ0v) is 12.5. The molecule has 5 nitrogen and oxygen atoms in total. The van der Waals surface area contributed by atoms with Crippen LogP contribution in [0, 0.1) is 5.92 Å². The van der Waals surface area contributed by atoms with E-state index in [-0.39, 0.29) is 0 Å². The number of hydrogen-bond acceptors (Lipinski definition) is 5. The van der Waals surface area contributed by atoms with E-state index in [1.807, 2.05) is 12.1 Å². The van der Waals surface area contributed by atoms with Crippen LogP contribution in [0.25, 0.3) is 11.5 Å². The molecule has 1 aromatic heterocycles. The van der Waals surface area contributed by atoms with Crippen LogP contribution in [-0.2, 0) is 0 Å². The van der Waals surface area contributed by atoms with E-state index >= 15 is 0 Å². The third kappa shape index (κ3) is 2.86. The molecular weight excluding hydrogens is 266 g/mol. The first kappa shape index (κ1) is 13.9. The number of nitrogens with two attached hydrogens (primary N) is 1. The van der Waals surface area contributed by atoms with Crippen molar-refractivity contribution in [2.24, 2.45) is 5.92 Å². The molecule has 1 fully saturated rings. The second kappa shape index (κ2) is 5.76. The van der Waals surface area contributed by atoms with Crippen molar-refractivity contribution >= 4 is 5.69 Å². The van der Waals surface area contributed by atoms with E-state index in [1.54, 1.807) is 13.2 Å². The van der Waals surface area contributed by atoms with Crippen LogP contribution in [0.3, 0.4) is 0 Å². The van der Waals surface area contributed by atoms with E-state index in [9.17, 15) is 0 Å². The zero-order chi connectivity index (χ0) is 14.8. The second-order valence-corrected chi connectivity index (χ2v) is 5.88. The molecule has 0 amide bonds. The Morgan fingerprint density at radius 1 is 1.33 bits per heavy atom. The molecule has 112 valence electrons. The molecule has 0 radical (unpaired) electrons. The van der Waals surface area contributed by atoms with Crippen molar-refractivity contribution in [1.29, 1.82) is 0 Å². The Hall–Kier alpha value is -2.04. The number of nitrogen functional groups attached to an aromatic ring is 1. The molecule has 0 aliphatic heterocycles. The van der Waals surface area contributed by atoms with Crippen LogP contribution in [0.4, 0.5) is 5.69 Å². The van der Waals surface area contributed by atoms with Crippen LogP contribution in [0.1, 0.15) is 44.3 Å². The van der Waals surface area contributed by atoms with Gasteiger partial charge in [-0.15, -0.1) is 0 Å². The minimum Gasteiger partial charge on any atom is -0.497 e. The summed E-state index contributed by atoms with van der Waals surface area (Å²) < 4.78 is 10.6. The first-order valence-electron chi connectivity index (χ1n) is 7.45. The third-order valence-electron chi connectivity index (χ3n) is 4.23. The van der Waals surface area contributed by atoms with E-state index in [0.29, 0.717) is 17.5 Å². The summed E-state index contributed by atoms with van der Waals surface area (Å²) in [6.07, 6.45) is 4.80. The van der Waals surface area contributed by atoms with E-state index in [4.69, 9.17) is 15.0 Å². The first-order chi connectivity index (χ1) is 10.2. The van der Waals surface area contributed by atoms with Crippen molar-refractivity contribution in [3.05, 3.63) is 24.0 Å². The van der Waals surface area contributed by atoms with Crippen molar-refractivity contribution in [2.45, 2.75) is 38.5 Å². The van der Waals surface area contributed by atoms with E-state index in [0.717, 1.165) is 35.9 Å². The van der Waals surface area contributed by atoms with Crippen LogP contribution in [-0.4, -0.2) is 17.3 Å². The van der Waals surface area contributed by atoms with Crippen LogP contribution < -0.4 is 10.5 Å². The Balaban J connectivity index is 1.87. The lowest BCUT2D eigenvalue weighted by atomic mass is 9.82. The summed E-state index contributed by atoms with van der Waals surface area (Å²) >= 11 is 0. The highest BCUT2D eigenvalue weighted by molar-refractivity contribution is 5.72. The number of aromatic nitrogens is 2. The van der Waals surface area contributed by atoms with Gasteiger partial charge in [0.25, 0.3) is 5.89 Å². The van der Waals surface area contributed by atoms with Crippen LogP contribution in [0.2, 0.25) is 0 Å². The summed E-state index contributed by atoms with van der Waals surface area (Å²) in [7, 11) is 1.62. The molecule has 21 heavy (non-hydrogen) atoms. The highest BCUT2D eigenvalue weighted by Crippen LogP contribution is 2.36. The maximum Gasteiger partial charge on any atom is 0.260 e. The van der Waals surface area contributed by atoms with E-state index < -0.39 is 0 Å². The average molecular weight is 287 g/mol. The van der Waals surface area contributed by atoms with Crippen LogP contribution >= 0.6 is 0 Å². The minimum atomic E-state index is 0.401. The molecule has 2 unspecified atom stereocenters. The van der Waals surface area contributed by atoms with E-state index in [1.165, 1.54) is 12.8 Å². The number of ether oxygens (including phenoxy) is 1. The van der Waals surface area contributed by atoms with Crippen molar-refractivity contribution in [3.63, 3.8) is 0 Å². The van der Waals surface area contributed by atoms with Gasteiger partial charge >= 0.3 is 0 Å². The Morgan fingerprint density at radius 2 is 2.19 bits per heavy atom. The molecule has 0 bridgehead atoms. The predicted molar refractivity (Wildman–Crippen MR) is 81.1 cm³/mol. The topological polar surface area (TPSA) is 74.2 Å². The molecule has 1 saturated carbocycles. The molecule has 1 aromatic carbocycles. The smallest absolute Gasteiger partial charge is 0.260 e. The average Bonchev–Trinajstić information content (AvgIpc) is 2.97. The Kier molecular flexibility index (Phi) is 3.82. The number of hydrogen-bond donors (Lipinski definition) is 1. The molecule has 1 aliphatic carbocycles. The monoisotopic (exact) mass is 287 g/mol. The van der Waals surface area contributed by atoms with Gasteiger partial charge in [0, 0.05) is 11.6 Å². The molecule has 2 atom stereocenters. The van der Waals surface area contributed by atoms with Gasteiger partial charge in [0.15, 0.2) is 5.82 Å². The second-order valence-electron chi connectivity index (χ2n) is 5.88. The fourth-order valence-corrected chi connectivity index (χ4v) is 3.03. The van der Waals surface area contributed by atoms with Gasteiger partial charge in [-0.05, 0) is 37.0 Å². The van der Waals surface area contributed by atoms with Gasteiger partial charge in [-0.25, -0.2) is 0 Å². The van der Waals surface area contributed by atoms with Gasteiger partial charge in [0.2, 0.25) is 0 Å². The van der Waals surface area contributed by atoms with Gasteiger partial charge in [-0.1, -0.05) is 24.9 Å². The fraction of sp³-hybridized carbons (Fsp3) is 0.500. The summed E-state index contributed by atoms with van der Waals surface area (Å²) in [5.41, 5.74) is 7.35. The third-order valence-corrected chi connectivity index (χ3v) is 4.23. The summed E-state index contributed by atoms with van der Waals surface area (Å²) in [6, 6.07) is 5.44. The molecule has 0 spiro atoms. The fourth-order valence-electron chi connectivity index (χ4n) is 3.03. The Bertz CT molecular complexity index is 624. The number of methoxy groups -OCH3 is 1. The molecule has 1 heterocycles. The van der Waals surface area contributed by atoms with Gasteiger partial charge in [0.1, 0.15) is 5.75 Å². The molecule has 0 saturated heterocycles. The summed E-state index contributed by atoms with van der Waals surface area (Å²) in [4.78, 5) is 4.56. The predicted octanol–water partition coefficient (Wildman–Crippen LogP) is 3.62. The molecule has 3 rings (SSSR count). The Morgan fingerprint density at radius 3 is 2.95 bits per heavy atom. The minimum absolute atomic E-state index is 0.401. The highest BCUT2D eigenvalue weighted by atomic mass is 16.5. The molecule has 2 N–H and O–H groups in total. The molecule has 5 heteroatoms.